The molecule has 0 saturated carbocycles. The molecule has 1 nitrogen and oxygen atoms in total. The highest BCUT2D eigenvalue weighted by Gasteiger charge is 2.11. The van der Waals surface area contributed by atoms with Crippen molar-refractivity contribution in [2.24, 2.45) is 5.92 Å². The molecule has 0 saturated heterocycles. The lowest BCUT2D eigenvalue weighted by Gasteiger charge is -2.16. The van der Waals surface area contributed by atoms with Gasteiger partial charge in [-0.25, -0.2) is 0 Å². The Morgan fingerprint density at radius 3 is 2.50 bits per heavy atom. The van der Waals surface area contributed by atoms with E-state index in [0.29, 0.717) is 5.92 Å². The smallest absolute Gasteiger partial charge is 0.0573 e. The Morgan fingerprint density at radius 2 is 2.10 bits per heavy atom. The summed E-state index contributed by atoms with van der Waals surface area (Å²) in [4.78, 5) is 0. The van der Waals surface area contributed by atoms with Gasteiger partial charge >= 0.3 is 0 Å². The van der Waals surface area contributed by atoms with Gasteiger partial charge in [-0.2, -0.15) is 11.8 Å². The average molecular weight is 162 g/mol. The van der Waals surface area contributed by atoms with Gasteiger partial charge in [0.15, 0.2) is 0 Å². The zero-order chi connectivity index (χ0) is 7.98. The van der Waals surface area contributed by atoms with Crippen molar-refractivity contribution in [1.82, 2.24) is 0 Å². The lowest BCUT2D eigenvalue weighted by molar-refractivity contribution is 0.117. The first-order valence-electron chi connectivity index (χ1n) is 3.89. The summed E-state index contributed by atoms with van der Waals surface area (Å²) in [5.41, 5.74) is 0. The van der Waals surface area contributed by atoms with Crippen LogP contribution in [0.2, 0.25) is 0 Å². The number of aliphatic hydroxyl groups excluding tert-OH is 1. The van der Waals surface area contributed by atoms with E-state index in [1.807, 2.05) is 0 Å². The SMILES string of the molecule is CCCC(O)C(C)CSC. The van der Waals surface area contributed by atoms with E-state index in [1.165, 1.54) is 0 Å². The van der Waals surface area contributed by atoms with E-state index in [-0.39, 0.29) is 6.10 Å². The Balaban J connectivity index is 3.38. The van der Waals surface area contributed by atoms with Crippen molar-refractivity contribution in [2.45, 2.75) is 32.8 Å². The van der Waals surface area contributed by atoms with Gasteiger partial charge in [-0.15, -0.1) is 0 Å². The summed E-state index contributed by atoms with van der Waals surface area (Å²) in [6.07, 6.45) is 4.02. The summed E-state index contributed by atoms with van der Waals surface area (Å²) in [5.74, 6) is 1.52. The predicted octanol–water partition coefficient (Wildman–Crippen LogP) is 2.15. The molecule has 0 spiro atoms. The Labute approximate surface area is 68.2 Å². The van der Waals surface area contributed by atoms with Crippen molar-refractivity contribution in [1.29, 1.82) is 0 Å². The van der Waals surface area contributed by atoms with Crippen LogP contribution in [0.4, 0.5) is 0 Å². The van der Waals surface area contributed by atoms with Crippen molar-refractivity contribution in [3.8, 4) is 0 Å². The third-order valence-electron chi connectivity index (χ3n) is 1.67. The van der Waals surface area contributed by atoms with Crippen molar-refractivity contribution in [3.05, 3.63) is 0 Å². The lowest BCUT2D eigenvalue weighted by Crippen LogP contribution is -2.18. The molecule has 62 valence electrons. The fraction of sp³-hybridized carbons (Fsp3) is 1.00. The highest BCUT2D eigenvalue weighted by atomic mass is 32.2. The lowest BCUT2D eigenvalue weighted by atomic mass is 10.0. The van der Waals surface area contributed by atoms with Gasteiger partial charge in [-0.1, -0.05) is 20.3 Å². The maximum atomic E-state index is 9.44. The first-order chi connectivity index (χ1) is 4.72. The minimum absolute atomic E-state index is 0.0857. The molecular weight excluding hydrogens is 144 g/mol. The molecule has 0 bridgehead atoms. The molecule has 2 atom stereocenters. The largest absolute Gasteiger partial charge is 0.393 e. The third-order valence-corrected chi connectivity index (χ3v) is 2.53. The minimum Gasteiger partial charge on any atom is -0.393 e. The molecule has 0 fully saturated rings. The Hall–Kier alpha value is 0.310. The third kappa shape index (κ3) is 4.18. The van der Waals surface area contributed by atoms with Crippen LogP contribution in [0.15, 0.2) is 0 Å². The second kappa shape index (κ2) is 6.05. The molecule has 0 aliphatic carbocycles. The maximum absolute atomic E-state index is 9.44. The van der Waals surface area contributed by atoms with Crippen LogP contribution in [-0.4, -0.2) is 23.2 Å². The van der Waals surface area contributed by atoms with Crippen LogP contribution in [0.5, 0.6) is 0 Å². The van der Waals surface area contributed by atoms with Gasteiger partial charge in [0, 0.05) is 0 Å². The zero-order valence-corrected chi connectivity index (χ0v) is 7.95. The molecule has 10 heavy (non-hydrogen) atoms. The molecule has 1 N–H and O–H groups in total. The molecule has 0 radical (unpaired) electrons. The fourth-order valence-corrected chi connectivity index (χ4v) is 1.70. The summed E-state index contributed by atoms with van der Waals surface area (Å²) >= 11 is 1.80. The molecule has 0 rings (SSSR count). The normalized spacial score (nSPS) is 16.8. The summed E-state index contributed by atoms with van der Waals surface area (Å²) in [5, 5.41) is 9.44. The topological polar surface area (TPSA) is 20.2 Å². The first kappa shape index (κ1) is 10.3. The van der Waals surface area contributed by atoms with E-state index in [4.69, 9.17) is 0 Å². The van der Waals surface area contributed by atoms with Gasteiger partial charge in [0.2, 0.25) is 0 Å². The Morgan fingerprint density at radius 1 is 1.50 bits per heavy atom. The van der Waals surface area contributed by atoms with Crippen LogP contribution in [-0.2, 0) is 0 Å². The standard InChI is InChI=1S/C8H18OS/c1-4-5-8(9)7(2)6-10-3/h7-9H,4-6H2,1-3H3. The van der Waals surface area contributed by atoms with Gasteiger partial charge in [0.1, 0.15) is 0 Å². The number of rotatable bonds is 5. The zero-order valence-electron chi connectivity index (χ0n) is 7.13. The highest BCUT2D eigenvalue weighted by Crippen LogP contribution is 2.13. The summed E-state index contributed by atoms with van der Waals surface area (Å²) < 4.78 is 0. The van der Waals surface area contributed by atoms with Crippen LogP contribution in [0.3, 0.4) is 0 Å². The van der Waals surface area contributed by atoms with Crippen LogP contribution in [0.25, 0.3) is 0 Å². The van der Waals surface area contributed by atoms with Crippen molar-refractivity contribution in [3.63, 3.8) is 0 Å². The minimum atomic E-state index is -0.0857. The van der Waals surface area contributed by atoms with Crippen molar-refractivity contribution >= 4 is 11.8 Å². The van der Waals surface area contributed by atoms with E-state index in [2.05, 4.69) is 20.1 Å². The average Bonchev–Trinajstić information content (AvgIpc) is 1.89. The molecule has 0 aromatic rings. The molecule has 2 heteroatoms. The van der Waals surface area contributed by atoms with Crippen LogP contribution in [0, 0.1) is 5.92 Å². The first-order valence-corrected chi connectivity index (χ1v) is 5.28. The van der Waals surface area contributed by atoms with Crippen LogP contribution in [0.1, 0.15) is 26.7 Å². The molecule has 0 aliphatic heterocycles. The van der Waals surface area contributed by atoms with Crippen molar-refractivity contribution in [2.75, 3.05) is 12.0 Å². The molecule has 0 amide bonds. The quantitative estimate of drug-likeness (QED) is 0.668. The Kier molecular flexibility index (Phi) is 6.24. The van der Waals surface area contributed by atoms with Gasteiger partial charge < -0.3 is 5.11 Å². The predicted molar refractivity (Wildman–Crippen MR) is 48.5 cm³/mol. The highest BCUT2D eigenvalue weighted by molar-refractivity contribution is 7.98. The van der Waals surface area contributed by atoms with Crippen molar-refractivity contribution < 1.29 is 5.11 Å². The molecule has 0 heterocycles. The van der Waals surface area contributed by atoms with Gasteiger partial charge in [0.25, 0.3) is 0 Å². The number of hydrogen-bond acceptors (Lipinski definition) is 2. The van der Waals surface area contributed by atoms with E-state index < -0.39 is 0 Å². The number of hydrogen-bond donors (Lipinski definition) is 1. The maximum Gasteiger partial charge on any atom is 0.0573 e. The monoisotopic (exact) mass is 162 g/mol. The molecule has 0 aromatic carbocycles. The Bertz CT molecular complexity index is 65.7. The van der Waals surface area contributed by atoms with Gasteiger partial charge in [-0.3, -0.25) is 0 Å². The molecule has 0 aliphatic rings. The number of aliphatic hydroxyl groups is 1. The molecule has 0 aromatic heterocycles. The van der Waals surface area contributed by atoms with Crippen LogP contribution < -0.4 is 0 Å². The second-order valence-corrected chi connectivity index (χ2v) is 3.70. The van der Waals surface area contributed by atoms with E-state index >= 15 is 0 Å². The van der Waals surface area contributed by atoms with Gasteiger partial charge in [0.05, 0.1) is 6.10 Å². The summed E-state index contributed by atoms with van der Waals surface area (Å²) in [6.45, 7) is 4.21. The van der Waals surface area contributed by atoms with E-state index in [0.717, 1.165) is 18.6 Å². The van der Waals surface area contributed by atoms with E-state index in [1.54, 1.807) is 11.8 Å². The van der Waals surface area contributed by atoms with E-state index in [9.17, 15) is 5.11 Å². The summed E-state index contributed by atoms with van der Waals surface area (Å²) in [7, 11) is 0. The van der Waals surface area contributed by atoms with Crippen LogP contribution >= 0.6 is 11.8 Å². The molecule has 2 unspecified atom stereocenters. The second-order valence-electron chi connectivity index (χ2n) is 2.79. The number of thioether (sulfide) groups is 1. The summed E-state index contributed by atoms with van der Waals surface area (Å²) in [6, 6.07) is 0. The van der Waals surface area contributed by atoms with Gasteiger partial charge in [-0.05, 0) is 24.3 Å². The fourth-order valence-electron chi connectivity index (χ4n) is 0.954. The molecular formula is C8H18OS.